The topological polar surface area (TPSA) is 44.9 Å². The molecule has 0 aliphatic rings. The van der Waals surface area contributed by atoms with Crippen molar-refractivity contribution in [3.05, 3.63) is 90.2 Å². The van der Waals surface area contributed by atoms with Gasteiger partial charge in [-0.1, -0.05) is 30.3 Å². The maximum atomic E-state index is 13.3. The third-order valence-corrected chi connectivity index (χ3v) is 4.07. The summed E-state index contributed by atoms with van der Waals surface area (Å²) >= 11 is 0. The van der Waals surface area contributed by atoms with E-state index in [2.05, 4.69) is 10.3 Å². The zero-order chi connectivity index (χ0) is 17.2. The van der Waals surface area contributed by atoms with Crippen molar-refractivity contribution >= 4 is 22.5 Å². The molecule has 1 amide bonds. The lowest BCUT2D eigenvalue weighted by atomic mass is 10.1. The molecule has 0 aliphatic carbocycles. The van der Waals surface area contributed by atoms with Gasteiger partial charge in [-0.3, -0.25) is 4.79 Å². The van der Waals surface area contributed by atoms with Gasteiger partial charge in [0.25, 0.3) is 5.91 Å². The Labute approximate surface area is 144 Å². The normalized spacial score (nSPS) is 10.8. The van der Waals surface area contributed by atoms with Crippen molar-refractivity contribution in [1.82, 2.24) is 4.98 Å². The van der Waals surface area contributed by atoms with Gasteiger partial charge in [0.05, 0.1) is 0 Å². The molecule has 0 saturated heterocycles. The highest BCUT2D eigenvalue weighted by Crippen LogP contribution is 2.26. The Kier molecular flexibility index (Phi) is 3.78. The van der Waals surface area contributed by atoms with Crippen LogP contribution in [0.2, 0.25) is 0 Å². The van der Waals surface area contributed by atoms with Crippen LogP contribution in [-0.4, -0.2) is 10.9 Å². The molecule has 0 spiro atoms. The molecule has 2 N–H and O–H groups in total. The number of amides is 1. The highest BCUT2D eigenvalue weighted by molar-refractivity contribution is 6.04. The standard InChI is InChI=1S/C21H15FN2O/c22-17-8-11-19-16(12-17)13-20(24-19)14-6-9-18(10-7-14)23-21(25)15-4-2-1-3-5-15/h1-13,24H,(H,23,25). The van der Waals surface area contributed by atoms with Crippen LogP contribution in [-0.2, 0) is 0 Å². The van der Waals surface area contributed by atoms with Crippen molar-refractivity contribution < 1.29 is 9.18 Å². The van der Waals surface area contributed by atoms with Crippen LogP contribution in [0.1, 0.15) is 10.4 Å². The van der Waals surface area contributed by atoms with E-state index >= 15 is 0 Å². The zero-order valence-electron chi connectivity index (χ0n) is 13.3. The number of hydrogen-bond acceptors (Lipinski definition) is 1. The largest absolute Gasteiger partial charge is 0.355 e. The Hall–Kier alpha value is -3.40. The predicted molar refractivity (Wildman–Crippen MR) is 98.1 cm³/mol. The Morgan fingerprint density at radius 2 is 1.64 bits per heavy atom. The highest BCUT2D eigenvalue weighted by Gasteiger charge is 2.07. The van der Waals surface area contributed by atoms with Crippen molar-refractivity contribution in [3.63, 3.8) is 0 Å². The second kappa shape index (κ2) is 6.24. The predicted octanol–water partition coefficient (Wildman–Crippen LogP) is 5.23. The fourth-order valence-electron chi connectivity index (χ4n) is 2.78. The summed E-state index contributed by atoms with van der Waals surface area (Å²) in [6.45, 7) is 0. The maximum Gasteiger partial charge on any atom is 0.255 e. The van der Waals surface area contributed by atoms with Crippen molar-refractivity contribution in [2.45, 2.75) is 0 Å². The van der Waals surface area contributed by atoms with E-state index in [1.807, 2.05) is 48.5 Å². The number of halogens is 1. The molecule has 25 heavy (non-hydrogen) atoms. The lowest BCUT2D eigenvalue weighted by molar-refractivity contribution is 0.102. The Morgan fingerprint density at radius 3 is 2.40 bits per heavy atom. The number of rotatable bonds is 3. The van der Waals surface area contributed by atoms with E-state index in [9.17, 15) is 9.18 Å². The van der Waals surface area contributed by atoms with E-state index in [1.165, 1.54) is 12.1 Å². The van der Waals surface area contributed by atoms with Crippen LogP contribution < -0.4 is 5.32 Å². The molecule has 0 atom stereocenters. The molecule has 0 bridgehead atoms. The smallest absolute Gasteiger partial charge is 0.255 e. The molecule has 0 aliphatic heterocycles. The molecule has 4 heteroatoms. The molecule has 4 rings (SSSR count). The molecule has 3 aromatic carbocycles. The number of aromatic amines is 1. The monoisotopic (exact) mass is 330 g/mol. The van der Waals surface area contributed by atoms with E-state index in [1.54, 1.807) is 18.2 Å². The summed E-state index contributed by atoms with van der Waals surface area (Å²) in [6.07, 6.45) is 0. The summed E-state index contributed by atoms with van der Waals surface area (Å²) in [4.78, 5) is 15.4. The van der Waals surface area contributed by atoms with E-state index < -0.39 is 0 Å². The average Bonchev–Trinajstić information content (AvgIpc) is 3.06. The van der Waals surface area contributed by atoms with Gasteiger partial charge in [0.15, 0.2) is 0 Å². The number of aromatic nitrogens is 1. The molecule has 1 heterocycles. The quantitative estimate of drug-likeness (QED) is 0.531. The second-order valence-corrected chi connectivity index (χ2v) is 5.81. The molecule has 4 aromatic rings. The fourth-order valence-corrected chi connectivity index (χ4v) is 2.78. The van der Waals surface area contributed by atoms with Crippen molar-refractivity contribution in [2.24, 2.45) is 0 Å². The number of carbonyl (C=O) groups excluding carboxylic acids is 1. The summed E-state index contributed by atoms with van der Waals surface area (Å²) in [5.74, 6) is -0.397. The molecule has 3 nitrogen and oxygen atoms in total. The minimum atomic E-state index is -0.253. The van der Waals surface area contributed by atoms with Crippen molar-refractivity contribution in [1.29, 1.82) is 0 Å². The summed E-state index contributed by atoms with van der Waals surface area (Å²) in [5, 5.41) is 3.70. The number of fused-ring (bicyclic) bond motifs is 1. The molecular formula is C21H15FN2O. The van der Waals surface area contributed by atoms with Gasteiger partial charge in [0.2, 0.25) is 0 Å². The van der Waals surface area contributed by atoms with Gasteiger partial charge in [-0.15, -0.1) is 0 Å². The summed E-state index contributed by atoms with van der Waals surface area (Å²) in [6, 6.07) is 23.2. The average molecular weight is 330 g/mol. The fraction of sp³-hybridized carbons (Fsp3) is 0. The lowest BCUT2D eigenvalue weighted by Crippen LogP contribution is -2.11. The number of benzene rings is 3. The van der Waals surface area contributed by atoms with Gasteiger partial charge in [0, 0.05) is 27.8 Å². The van der Waals surface area contributed by atoms with Crippen LogP contribution in [0.15, 0.2) is 78.9 Å². The molecule has 122 valence electrons. The Morgan fingerprint density at radius 1 is 0.880 bits per heavy atom. The first-order valence-corrected chi connectivity index (χ1v) is 7.94. The van der Waals surface area contributed by atoms with Gasteiger partial charge >= 0.3 is 0 Å². The first-order valence-electron chi connectivity index (χ1n) is 7.94. The van der Waals surface area contributed by atoms with Gasteiger partial charge in [-0.05, 0) is 54.1 Å². The van der Waals surface area contributed by atoms with E-state index in [0.717, 1.165) is 27.8 Å². The zero-order valence-corrected chi connectivity index (χ0v) is 13.3. The van der Waals surface area contributed by atoms with Crippen LogP contribution in [0.3, 0.4) is 0 Å². The summed E-state index contributed by atoms with van der Waals surface area (Å²) in [5.41, 5.74) is 4.10. The molecule has 1 aromatic heterocycles. The first kappa shape index (κ1) is 15.1. The molecule has 0 unspecified atom stereocenters. The molecule has 0 fully saturated rings. The molecule has 0 radical (unpaired) electrons. The number of nitrogens with one attached hydrogen (secondary N) is 2. The molecular weight excluding hydrogens is 315 g/mol. The van der Waals surface area contributed by atoms with E-state index in [0.29, 0.717) is 5.56 Å². The highest BCUT2D eigenvalue weighted by atomic mass is 19.1. The number of anilines is 1. The Bertz CT molecular complexity index is 1040. The number of hydrogen-bond donors (Lipinski definition) is 2. The summed E-state index contributed by atoms with van der Waals surface area (Å²) in [7, 11) is 0. The number of H-pyrrole nitrogens is 1. The maximum absolute atomic E-state index is 13.3. The van der Waals surface area contributed by atoms with Crippen LogP contribution >= 0.6 is 0 Å². The first-order chi connectivity index (χ1) is 12.2. The molecule has 0 saturated carbocycles. The van der Waals surface area contributed by atoms with Crippen molar-refractivity contribution in [3.8, 4) is 11.3 Å². The minimum Gasteiger partial charge on any atom is -0.355 e. The van der Waals surface area contributed by atoms with Crippen LogP contribution in [0.5, 0.6) is 0 Å². The Balaban J connectivity index is 1.56. The van der Waals surface area contributed by atoms with Crippen LogP contribution in [0.4, 0.5) is 10.1 Å². The van der Waals surface area contributed by atoms with Gasteiger partial charge < -0.3 is 10.3 Å². The summed E-state index contributed by atoms with van der Waals surface area (Å²) < 4.78 is 13.3. The second-order valence-electron chi connectivity index (χ2n) is 5.81. The minimum absolute atomic E-state index is 0.144. The van der Waals surface area contributed by atoms with Gasteiger partial charge in [-0.25, -0.2) is 4.39 Å². The van der Waals surface area contributed by atoms with E-state index in [4.69, 9.17) is 0 Å². The van der Waals surface area contributed by atoms with Gasteiger partial charge in [-0.2, -0.15) is 0 Å². The van der Waals surface area contributed by atoms with Crippen molar-refractivity contribution in [2.75, 3.05) is 5.32 Å². The third-order valence-electron chi connectivity index (χ3n) is 4.07. The SMILES string of the molecule is O=C(Nc1ccc(-c2cc3cc(F)ccc3[nH]2)cc1)c1ccccc1. The van der Waals surface area contributed by atoms with Gasteiger partial charge in [0.1, 0.15) is 5.82 Å². The third kappa shape index (κ3) is 3.15. The number of carbonyl (C=O) groups is 1. The van der Waals surface area contributed by atoms with Crippen LogP contribution in [0, 0.1) is 5.82 Å². The van der Waals surface area contributed by atoms with E-state index in [-0.39, 0.29) is 11.7 Å². The lowest BCUT2D eigenvalue weighted by Gasteiger charge is -2.06. The van der Waals surface area contributed by atoms with Crippen LogP contribution in [0.25, 0.3) is 22.2 Å².